The maximum Gasteiger partial charge on any atom is 0.511 e. The number of aromatic nitrogens is 1. The van der Waals surface area contributed by atoms with E-state index in [1.807, 2.05) is 6.07 Å². The highest BCUT2D eigenvalue weighted by Gasteiger charge is 2.16. The molecule has 0 radical (unpaired) electrons. The van der Waals surface area contributed by atoms with E-state index in [1.54, 1.807) is 24.3 Å². The topological polar surface area (TPSA) is 92.3 Å². The number of pyridine rings is 1. The predicted molar refractivity (Wildman–Crippen MR) is 87.1 cm³/mol. The molecule has 1 heterocycles. The van der Waals surface area contributed by atoms with Crippen molar-refractivity contribution in [1.82, 2.24) is 4.57 Å². The van der Waals surface area contributed by atoms with Gasteiger partial charge in [0.25, 0.3) is 0 Å². The highest BCUT2D eigenvalue weighted by Crippen LogP contribution is 2.21. The molecule has 0 spiro atoms. The molecule has 0 aliphatic carbocycles. The number of halogens is 1. The van der Waals surface area contributed by atoms with Crippen LogP contribution in [0.4, 0.5) is 9.18 Å². The molecule has 124 valence electrons. The van der Waals surface area contributed by atoms with E-state index in [1.165, 1.54) is 22.8 Å². The first-order valence-corrected chi connectivity index (χ1v) is 7.21. The standard InChI is InChI=1S/C18H11FN2O4/c19-14-7-3-6-13-16(14)21(10-15(17(13)22)25-18(23)24)9-12-5-2-1-4-11(12)8-20/h1-7,10H,9H2,(H,23,24). The molecule has 0 saturated carbocycles. The molecule has 0 amide bonds. The Morgan fingerprint density at radius 1 is 1.24 bits per heavy atom. The zero-order valence-electron chi connectivity index (χ0n) is 12.8. The van der Waals surface area contributed by atoms with Gasteiger partial charge in [-0.15, -0.1) is 0 Å². The monoisotopic (exact) mass is 338 g/mol. The van der Waals surface area contributed by atoms with Crippen molar-refractivity contribution in [3.63, 3.8) is 0 Å². The van der Waals surface area contributed by atoms with Crippen LogP contribution in [0.15, 0.2) is 53.5 Å². The Bertz CT molecular complexity index is 1080. The van der Waals surface area contributed by atoms with Crippen LogP contribution in [0.1, 0.15) is 11.1 Å². The van der Waals surface area contributed by atoms with Crippen molar-refractivity contribution in [3.05, 3.63) is 75.8 Å². The van der Waals surface area contributed by atoms with Crippen molar-refractivity contribution in [2.75, 3.05) is 0 Å². The summed E-state index contributed by atoms with van der Waals surface area (Å²) in [5.41, 5.74) is 0.283. The summed E-state index contributed by atoms with van der Waals surface area (Å²) in [5.74, 6) is -1.06. The summed E-state index contributed by atoms with van der Waals surface area (Å²) < 4.78 is 20.2. The highest BCUT2D eigenvalue weighted by molar-refractivity contribution is 5.81. The van der Waals surface area contributed by atoms with E-state index in [9.17, 15) is 19.2 Å². The van der Waals surface area contributed by atoms with Crippen molar-refractivity contribution in [1.29, 1.82) is 5.26 Å². The number of hydrogen-bond acceptors (Lipinski definition) is 4. The molecular weight excluding hydrogens is 327 g/mol. The summed E-state index contributed by atoms with van der Waals surface area (Å²) in [7, 11) is 0. The first-order valence-electron chi connectivity index (χ1n) is 7.21. The number of nitriles is 1. The minimum atomic E-state index is -1.64. The van der Waals surface area contributed by atoms with E-state index in [4.69, 9.17) is 5.11 Å². The lowest BCUT2D eigenvalue weighted by Gasteiger charge is -2.14. The van der Waals surface area contributed by atoms with Crippen molar-refractivity contribution < 1.29 is 19.0 Å². The summed E-state index contributed by atoms with van der Waals surface area (Å²) >= 11 is 0. The number of carbonyl (C=O) groups is 1. The van der Waals surface area contributed by atoms with E-state index in [0.29, 0.717) is 11.1 Å². The summed E-state index contributed by atoms with van der Waals surface area (Å²) in [6.07, 6.45) is -0.507. The zero-order valence-corrected chi connectivity index (χ0v) is 12.8. The Morgan fingerprint density at radius 3 is 2.72 bits per heavy atom. The van der Waals surface area contributed by atoms with E-state index in [2.05, 4.69) is 4.74 Å². The molecule has 3 aromatic rings. The Balaban J connectivity index is 2.26. The average molecular weight is 338 g/mol. The van der Waals surface area contributed by atoms with Crippen molar-refractivity contribution in [2.24, 2.45) is 0 Å². The third-order valence-corrected chi connectivity index (χ3v) is 3.69. The SMILES string of the molecule is N#Cc1ccccc1Cn1cc(OC(=O)O)c(=O)c2cccc(F)c21. The van der Waals surface area contributed by atoms with Gasteiger partial charge in [0, 0.05) is 6.54 Å². The van der Waals surface area contributed by atoms with Crippen LogP contribution in [-0.2, 0) is 6.54 Å². The molecule has 0 aliphatic heterocycles. The predicted octanol–water partition coefficient (Wildman–Crippen LogP) is 3.12. The Hall–Kier alpha value is -3.66. The van der Waals surface area contributed by atoms with E-state index in [0.717, 1.165) is 6.20 Å². The quantitative estimate of drug-likeness (QED) is 0.741. The third-order valence-electron chi connectivity index (χ3n) is 3.69. The fraction of sp³-hybridized carbons (Fsp3) is 0.0556. The zero-order chi connectivity index (χ0) is 18.0. The molecule has 2 aromatic carbocycles. The van der Waals surface area contributed by atoms with Gasteiger partial charge in [0.05, 0.1) is 28.7 Å². The number of hydrogen-bond donors (Lipinski definition) is 1. The minimum Gasteiger partial charge on any atom is -0.449 e. The molecule has 0 fully saturated rings. The lowest BCUT2D eigenvalue weighted by Crippen LogP contribution is -2.17. The first kappa shape index (κ1) is 16.2. The second kappa shape index (κ2) is 6.45. The van der Waals surface area contributed by atoms with Crippen LogP contribution in [0.25, 0.3) is 10.9 Å². The Morgan fingerprint density at radius 2 is 2.00 bits per heavy atom. The van der Waals surface area contributed by atoms with Gasteiger partial charge >= 0.3 is 6.16 Å². The van der Waals surface area contributed by atoms with Crippen LogP contribution < -0.4 is 10.2 Å². The van der Waals surface area contributed by atoms with E-state index in [-0.39, 0.29) is 17.4 Å². The molecule has 0 atom stereocenters. The molecule has 7 heteroatoms. The van der Waals surface area contributed by atoms with Crippen LogP contribution in [-0.4, -0.2) is 15.8 Å². The van der Waals surface area contributed by atoms with Crippen molar-refractivity contribution in [3.8, 4) is 11.8 Å². The van der Waals surface area contributed by atoms with Crippen LogP contribution >= 0.6 is 0 Å². The van der Waals surface area contributed by atoms with Gasteiger partial charge in [0.2, 0.25) is 5.43 Å². The molecule has 3 rings (SSSR count). The first-order chi connectivity index (χ1) is 12.0. The lowest BCUT2D eigenvalue weighted by atomic mass is 10.1. The van der Waals surface area contributed by atoms with Crippen molar-refractivity contribution in [2.45, 2.75) is 6.54 Å². The van der Waals surface area contributed by atoms with Crippen LogP contribution in [0.5, 0.6) is 5.75 Å². The van der Waals surface area contributed by atoms with Gasteiger partial charge in [-0.3, -0.25) is 4.79 Å². The third kappa shape index (κ3) is 3.05. The maximum atomic E-state index is 14.3. The summed E-state index contributed by atoms with van der Waals surface area (Å²) in [5, 5.41) is 18.0. The molecule has 1 N–H and O–H groups in total. The molecule has 0 bridgehead atoms. The Labute approximate surface area is 140 Å². The van der Waals surface area contributed by atoms with Gasteiger partial charge in [-0.1, -0.05) is 24.3 Å². The number of fused-ring (bicyclic) bond motifs is 1. The second-order valence-electron chi connectivity index (χ2n) is 5.22. The molecule has 0 unspecified atom stereocenters. The van der Waals surface area contributed by atoms with Gasteiger partial charge < -0.3 is 14.4 Å². The smallest absolute Gasteiger partial charge is 0.449 e. The molecule has 0 saturated heterocycles. The Kier molecular flexibility index (Phi) is 4.18. The fourth-order valence-electron chi connectivity index (χ4n) is 2.63. The number of rotatable bonds is 3. The molecule has 6 nitrogen and oxygen atoms in total. The highest BCUT2D eigenvalue weighted by atomic mass is 19.1. The minimum absolute atomic E-state index is 0.00631. The number of para-hydroxylation sites is 1. The van der Waals surface area contributed by atoms with Crippen molar-refractivity contribution >= 4 is 17.1 Å². The fourth-order valence-corrected chi connectivity index (χ4v) is 2.63. The molecule has 25 heavy (non-hydrogen) atoms. The maximum absolute atomic E-state index is 14.3. The van der Waals surface area contributed by atoms with Crippen LogP contribution in [0.2, 0.25) is 0 Å². The van der Waals surface area contributed by atoms with Gasteiger partial charge in [-0.2, -0.15) is 5.26 Å². The van der Waals surface area contributed by atoms with Gasteiger partial charge in [0.1, 0.15) is 5.82 Å². The molecule has 1 aromatic heterocycles. The van der Waals surface area contributed by atoms with Gasteiger partial charge in [-0.25, -0.2) is 9.18 Å². The number of benzene rings is 2. The van der Waals surface area contributed by atoms with E-state index >= 15 is 0 Å². The summed E-state index contributed by atoms with van der Waals surface area (Å²) in [6, 6.07) is 12.7. The van der Waals surface area contributed by atoms with Gasteiger partial charge in [0.15, 0.2) is 5.75 Å². The summed E-state index contributed by atoms with van der Waals surface area (Å²) in [4.78, 5) is 23.1. The number of nitrogens with zero attached hydrogens (tertiary/aromatic N) is 2. The molecular formula is C18H11FN2O4. The second-order valence-corrected chi connectivity index (χ2v) is 5.22. The van der Waals surface area contributed by atoms with Crippen LogP contribution in [0, 0.1) is 17.1 Å². The summed E-state index contributed by atoms with van der Waals surface area (Å²) in [6.45, 7) is 0.0669. The lowest BCUT2D eigenvalue weighted by molar-refractivity contribution is 0.144. The van der Waals surface area contributed by atoms with Crippen LogP contribution in [0.3, 0.4) is 0 Å². The largest absolute Gasteiger partial charge is 0.511 e. The normalized spacial score (nSPS) is 10.4. The van der Waals surface area contributed by atoms with Gasteiger partial charge in [-0.05, 0) is 23.8 Å². The molecule has 0 aliphatic rings. The number of carboxylic acid groups (broad SMARTS) is 1. The van der Waals surface area contributed by atoms with E-state index < -0.39 is 23.2 Å². The number of ether oxygens (including phenoxy) is 1. The average Bonchev–Trinajstić information content (AvgIpc) is 2.59.